The predicted molar refractivity (Wildman–Crippen MR) is 52.8 cm³/mol. The first kappa shape index (κ1) is 9.34. The van der Waals surface area contributed by atoms with E-state index >= 15 is 0 Å². The Morgan fingerprint density at radius 3 is 2.50 bits per heavy atom. The molecule has 3 nitrogen and oxygen atoms in total. The zero-order valence-corrected chi connectivity index (χ0v) is 8.23. The molecule has 1 aliphatic rings. The van der Waals surface area contributed by atoms with E-state index in [1.807, 2.05) is 31.2 Å². The van der Waals surface area contributed by atoms with Crippen molar-refractivity contribution in [2.45, 2.75) is 13.0 Å². The first-order valence-corrected chi connectivity index (χ1v) is 4.86. The van der Waals surface area contributed by atoms with Crippen molar-refractivity contribution >= 4 is 0 Å². The van der Waals surface area contributed by atoms with Gasteiger partial charge < -0.3 is 14.2 Å². The molecule has 1 aliphatic heterocycles. The molecule has 0 radical (unpaired) electrons. The maximum Gasteiger partial charge on any atom is 0.161 e. The first-order valence-electron chi connectivity index (χ1n) is 4.86. The van der Waals surface area contributed by atoms with Crippen LogP contribution >= 0.6 is 0 Å². The second-order valence-electron chi connectivity index (χ2n) is 3.15. The Balaban J connectivity index is 1.97. The fourth-order valence-corrected chi connectivity index (χ4v) is 1.19. The van der Waals surface area contributed by atoms with Gasteiger partial charge in [0.25, 0.3) is 0 Å². The van der Waals surface area contributed by atoms with Crippen molar-refractivity contribution in [2.24, 2.45) is 0 Å². The summed E-state index contributed by atoms with van der Waals surface area (Å²) in [6.07, 6.45) is 0.282. The Morgan fingerprint density at radius 1 is 1.29 bits per heavy atom. The molecule has 0 amide bonds. The number of para-hydroxylation sites is 2. The summed E-state index contributed by atoms with van der Waals surface area (Å²) in [6.45, 7) is 4.04. The molecule has 0 unspecified atom stereocenters. The zero-order valence-electron chi connectivity index (χ0n) is 8.23. The monoisotopic (exact) mass is 194 g/mol. The summed E-state index contributed by atoms with van der Waals surface area (Å²) >= 11 is 0. The van der Waals surface area contributed by atoms with Crippen LogP contribution in [0.15, 0.2) is 24.3 Å². The number of benzene rings is 1. The van der Waals surface area contributed by atoms with Crippen molar-refractivity contribution < 1.29 is 14.2 Å². The predicted octanol–water partition coefficient (Wildman–Crippen LogP) is 1.86. The van der Waals surface area contributed by atoms with Crippen LogP contribution in [0.3, 0.4) is 0 Å². The zero-order chi connectivity index (χ0) is 9.80. The highest BCUT2D eigenvalue weighted by molar-refractivity contribution is 5.39. The summed E-state index contributed by atoms with van der Waals surface area (Å²) in [5.41, 5.74) is 0. The molecule has 1 fully saturated rings. The minimum atomic E-state index is 0.282. The van der Waals surface area contributed by atoms with E-state index in [2.05, 4.69) is 0 Å². The number of epoxide rings is 1. The lowest BCUT2D eigenvalue weighted by atomic mass is 10.3. The van der Waals surface area contributed by atoms with Crippen LogP contribution < -0.4 is 9.47 Å². The van der Waals surface area contributed by atoms with Gasteiger partial charge >= 0.3 is 0 Å². The lowest BCUT2D eigenvalue weighted by Crippen LogP contribution is -2.05. The third-order valence-electron chi connectivity index (χ3n) is 1.98. The average Bonchev–Trinajstić information content (AvgIpc) is 3.01. The van der Waals surface area contributed by atoms with Crippen molar-refractivity contribution in [1.29, 1.82) is 0 Å². The molecule has 2 rings (SSSR count). The van der Waals surface area contributed by atoms with Gasteiger partial charge in [0.1, 0.15) is 12.7 Å². The highest BCUT2D eigenvalue weighted by atomic mass is 16.6. The van der Waals surface area contributed by atoms with E-state index in [4.69, 9.17) is 14.2 Å². The van der Waals surface area contributed by atoms with Crippen LogP contribution in [-0.4, -0.2) is 25.9 Å². The molecule has 76 valence electrons. The van der Waals surface area contributed by atoms with Crippen LogP contribution in [-0.2, 0) is 4.74 Å². The van der Waals surface area contributed by atoms with Crippen LogP contribution in [0.2, 0.25) is 0 Å². The van der Waals surface area contributed by atoms with Gasteiger partial charge in [-0.25, -0.2) is 0 Å². The Bertz CT molecular complexity index is 294. The molecule has 14 heavy (non-hydrogen) atoms. The van der Waals surface area contributed by atoms with Gasteiger partial charge in [-0.15, -0.1) is 0 Å². The van der Waals surface area contributed by atoms with E-state index in [9.17, 15) is 0 Å². The van der Waals surface area contributed by atoms with Gasteiger partial charge in [0.2, 0.25) is 0 Å². The molecule has 1 aromatic carbocycles. The largest absolute Gasteiger partial charge is 0.490 e. The third kappa shape index (κ3) is 2.39. The molecule has 0 bridgehead atoms. The molecule has 1 heterocycles. The molecule has 3 heteroatoms. The minimum Gasteiger partial charge on any atom is -0.490 e. The van der Waals surface area contributed by atoms with E-state index in [0.717, 1.165) is 18.1 Å². The van der Waals surface area contributed by atoms with Crippen molar-refractivity contribution in [1.82, 2.24) is 0 Å². The lowest BCUT2D eigenvalue weighted by molar-refractivity contribution is 0.245. The van der Waals surface area contributed by atoms with Gasteiger partial charge in [-0.3, -0.25) is 0 Å². The minimum absolute atomic E-state index is 0.282. The van der Waals surface area contributed by atoms with E-state index in [1.54, 1.807) is 0 Å². The van der Waals surface area contributed by atoms with Crippen molar-refractivity contribution in [3.05, 3.63) is 24.3 Å². The van der Waals surface area contributed by atoms with Gasteiger partial charge in [0, 0.05) is 0 Å². The van der Waals surface area contributed by atoms with E-state index < -0.39 is 0 Å². The third-order valence-corrected chi connectivity index (χ3v) is 1.98. The number of ether oxygens (including phenoxy) is 3. The van der Waals surface area contributed by atoms with Gasteiger partial charge in [-0.2, -0.15) is 0 Å². The summed E-state index contributed by atoms with van der Waals surface area (Å²) in [5, 5.41) is 0. The van der Waals surface area contributed by atoms with Gasteiger partial charge in [-0.1, -0.05) is 12.1 Å². The lowest BCUT2D eigenvalue weighted by Gasteiger charge is -2.10. The summed E-state index contributed by atoms with van der Waals surface area (Å²) < 4.78 is 16.1. The molecule has 0 saturated carbocycles. The van der Waals surface area contributed by atoms with E-state index in [1.165, 1.54) is 0 Å². The first-order chi connectivity index (χ1) is 6.90. The van der Waals surface area contributed by atoms with Crippen LogP contribution in [0.4, 0.5) is 0 Å². The average molecular weight is 194 g/mol. The SMILES string of the molecule is CCOc1ccccc1OC[C@@H]1CO1. The fraction of sp³-hybridized carbons (Fsp3) is 0.455. The van der Waals surface area contributed by atoms with Crippen LogP contribution in [0.25, 0.3) is 0 Å². The van der Waals surface area contributed by atoms with Crippen LogP contribution in [0.5, 0.6) is 11.5 Å². The molecule has 0 N–H and O–H groups in total. The molecule has 1 saturated heterocycles. The van der Waals surface area contributed by atoms with Crippen LogP contribution in [0, 0.1) is 0 Å². The Morgan fingerprint density at radius 2 is 1.93 bits per heavy atom. The summed E-state index contributed by atoms with van der Waals surface area (Å²) in [5.74, 6) is 1.60. The quantitative estimate of drug-likeness (QED) is 0.670. The number of hydrogen-bond acceptors (Lipinski definition) is 3. The second-order valence-corrected chi connectivity index (χ2v) is 3.15. The second kappa shape index (κ2) is 4.33. The van der Waals surface area contributed by atoms with Crippen molar-refractivity contribution in [3.63, 3.8) is 0 Å². The molecule has 0 aliphatic carbocycles. The van der Waals surface area contributed by atoms with Crippen molar-refractivity contribution in [2.75, 3.05) is 19.8 Å². The standard InChI is InChI=1S/C11H14O3/c1-2-12-10-5-3-4-6-11(10)14-8-9-7-13-9/h3-6,9H,2,7-8H2,1H3/t9-/m0/s1. The normalized spacial score (nSPS) is 19.1. The smallest absolute Gasteiger partial charge is 0.161 e. The van der Waals surface area contributed by atoms with Gasteiger partial charge in [0.15, 0.2) is 11.5 Å². The molecule has 0 spiro atoms. The maximum atomic E-state index is 5.56. The van der Waals surface area contributed by atoms with Crippen molar-refractivity contribution in [3.8, 4) is 11.5 Å². The van der Waals surface area contributed by atoms with Crippen LogP contribution in [0.1, 0.15) is 6.92 Å². The molecule has 1 atom stereocenters. The number of rotatable bonds is 5. The summed E-state index contributed by atoms with van der Waals surface area (Å²) in [4.78, 5) is 0. The number of hydrogen-bond donors (Lipinski definition) is 0. The Labute approximate surface area is 83.6 Å². The van der Waals surface area contributed by atoms with Gasteiger partial charge in [-0.05, 0) is 19.1 Å². The van der Waals surface area contributed by atoms with E-state index in [-0.39, 0.29) is 6.10 Å². The summed E-state index contributed by atoms with van der Waals surface area (Å²) in [7, 11) is 0. The molecular formula is C11H14O3. The Kier molecular flexibility index (Phi) is 2.89. The molecule has 0 aromatic heterocycles. The van der Waals surface area contributed by atoms with Gasteiger partial charge in [0.05, 0.1) is 13.2 Å². The maximum absolute atomic E-state index is 5.56. The molecular weight excluding hydrogens is 180 g/mol. The summed E-state index contributed by atoms with van der Waals surface area (Å²) in [6, 6.07) is 7.69. The fourth-order valence-electron chi connectivity index (χ4n) is 1.19. The highest BCUT2D eigenvalue weighted by Crippen LogP contribution is 2.27. The van der Waals surface area contributed by atoms with E-state index in [0.29, 0.717) is 13.2 Å². The topological polar surface area (TPSA) is 31.0 Å². The highest BCUT2D eigenvalue weighted by Gasteiger charge is 2.23. The Hall–Kier alpha value is -1.22. The molecule has 1 aromatic rings.